The largest absolute Gasteiger partial charge is 0.382 e. The first-order valence-corrected chi connectivity index (χ1v) is 10.4. The predicted molar refractivity (Wildman–Crippen MR) is 125 cm³/mol. The molecule has 4 N–H and O–H groups in total. The van der Waals surface area contributed by atoms with Crippen LogP contribution in [0.1, 0.15) is 34.4 Å². The molecule has 7 nitrogen and oxygen atoms in total. The Balaban J connectivity index is 1.54. The van der Waals surface area contributed by atoms with Crippen molar-refractivity contribution in [2.45, 2.75) is 33.2 Å². The molecule has 0 saturated heterocycles. The number of nitrogens with one attached hydrogen (secondary N) is 2. The van der Waals surface area contributed by atoms with E-state index < -0.39 is 0 Å². The molecule has 2 aromatic carbocycles. The van der Waals surface area contributed by atoms with Gasteiger partial charge in [0.1, 0.15) is 17.5 Å². The molecule has 0 radical (unpaired) electrons. The number of para-hydroxylation sites is 1. The molecule has 0 saturated carbocycles. The molecule has 160 valence electrons. The lowest BCUT2D eigenvalue weighted by atomic mass is 10.1. The number of rotatable bonds is 7. The Hall–Kier alpha value is -3.79. The van der Waals surface area contributed by atoms with E-state index in [1.54, 1.807) is 11.7 Å². The number of hydrogen-bond acceptors (Lipinski definition) is 4. The van der Waals surface area contributed by atoms with Gasteiger partial charge in [-0.05, 0) is 49.9 Å². The Morgan fingerprint density at radius 1 is 1.16 bits per heavy atom. The molecular weight excluding hydrogens is 386 g/mol. The fourth-order valence-electron chi connectivity index (χ4n) is 3.45. The van der Waals surface area contributed by atoms with Crippen molar-refractivity contribution in [2.75, 3.05) is 19.3 Å². The molecule has 7 heteroatoms. The zero-order valence-corrected chi connectivity index (χ0v) is 18.3. The third kappa shape index (κ3) is 5.43. The Morgan fingerprint density at radius 2 is 1.94 bits per heavy atom. The fraction of sp³-hybridized carbons (Fsp3) is 0.292. The Labute approximate surface area is 183 Å². The van der Waals surface area contributed by atoms with E-state index in [2.05, 4.69) is 58.8 Å². The van der Waals surface area contributed by atoms with Gasteiger partial charge in [0.25, 0.3) is 0 Å². The first kappa shape index (κ1) is 21.9. The van der Waals surface area contributed by atoms with Crippen molar-refractivity contribution in [1.29, 1.82) is 5.26 Å². The molecule has 3 rings (SSSR count). The molecule has 0 spiro atoms. The quantitative estimate of drug-likeness (QED) is 0.312. The highest BCUT2D eigenvalue weighted by atomic mass is 15.3. The molecule has 0 aliphatic heterocycles. The van der Waals surface area contributed by atoms with E-state index in [0.29, 0.717) is 36.6 Å². The summed E-state index contributed by atoms with van der Waals surface area (Å²) in [6, 6.07) is 18.2. The molecule has 0 bridgehead atoms. The minimum absolute atomic E-state index is 0.377. The van der Waals surface area contributed by atoms with Crippen molar-refractivity contribution in [2.24, 2.45) is 4.99 Å². The minimum Gasteiger partial charge on any atom is -0.382 e. The Morgan fingerprint density at radius 3 is 2.61 bits per heavy atom. The van der Waals surface area contributed by atoms with Crippen LogP contribution in [0.25, 0.3) is 5.69 Å². The standard InChI is InChI=1S/C24H29N7/c1-17-11-12-19(18(2)14-17)16-29-24(27-3)28-13-7-10-22-21(15-25)23(26)31(30-22)20-8-5-4-6-9-20/h4-6,8-9,11-12,14H,7,10,13,16,26H2,1-3H3,(H2,27,28,29). The topological polar surface area (TPSA) is 104 Å². The number of guanidine groups is 1. The second kappa shape index (κ2) is 10.3. The molecule has 1 heterocycles. The van der Waals surface area contributed by atoms with Crippen LogP contribution in [-0.4, -0.2) is 29.3 Å². The summed E-state index contributed by atoms with van der Waals surface area (Å²) in [7, 11) is 1.76. The molecule has 0 aliphatic carbocycles. The number of benzene rings is 2. The summed E-state index contributed by atoms with van der Waals surface area (Å²) in [5.41, 5.74) is 11.9. The Kier molecular flexibility index (Phi) is 7.28. The summed E-state index contributed by atoms with van der Waals surface area (Å²) in [4.78, 5) is 4.29. The van der Waals surface area contributed by atoms with Crippen LogP contribution in [0, 0.1) is 25.2 Å². The van der Waals surface area contributed by atoms with Gasteiger partial charge in [0.15, 0.2) is 5.96 Å². The second-order valence-corrected chi connectivity index (χ2v) is 7.45. The summed E-state index contributed by atoms with van der Waals surface area (Å²) in [5.74, 6) is 1.12. The van der Waals surface area contributed by atoms with Crippen molar-refractivity contribution in [3.63, 3.8) is 0 Å². The van der Waals surface area contributed by atoms with Gasteiger partial charge in [-0.3, -0.25) is 4.99 Å². The lowest BCUT2D eigenvalue weighted by Crippen LogP contribution is -2.37. The zero-order chi connectivity index (χ0) is 22.2. The highest BCUT2D eigenvalue weighted by molar-refractivity contribution is 5.79. The van der Waals surface area contributed by atoms with Crippen LogP contribution in [0.5, 0.6) is 0 Å². The first-order valence-electron chi connectivity index (χ1n) is 10.4. The summed E-state index contributed by atoms with van der Waals surface area (Å²) in [6.45, 7) is 5.63. The number of aryl methyl sites for hydroxylation is 3. The zero-order valence-electron chi connectivity index (χ0n) is 18.3. The van der Waals surface area contributed by atoms with Crippen LogP contribution >= 0.6 is 0 Å². The van der Waals surface area contributed by atoms with Gasteiger partial charge in [-0.2, -0.15) is 10.4 Å². The van der Waals surface area contributed by atoms with Gasteiger partial charge in [0.2, 0.25) is 0 Å². The molecule has 1 aromatic heterocycles. The van der Waals surface area contributed by atoms with E-state index in [-0.39, 0.29) is 0 Å². The summed E-state index contributed by atoms with van der Waals surface area (Å²) >= 11 is 0. The van der Waals surface area contributed by atoms with Crippen molar-refractivity contribution >= 4 is 11.8 Å². The number of nitrogens with two attached hydrogens (primary N) is 1. The average molecular weight is 416 g/mol. The molecule has 0 fully saturated rings. The van der Waals surface area contributed by atoms with Crippen LogP contribution < -0.4 is 16.4 Å². The van der Waals surface area contributed by atoms with Crippen LogP contribution in [0.4, 0.5) is 5.82 Å². The third-order valence-electron chi connectivity index (χ3n) is 5.16. The van der Waals surface area contributed by atoms with E-state index >= 15 is 0 Å². The van der Waals surface area contributed by atoms with Gasteiger partial charge in [0, 0.05) is 20.1 Å². The number of nitrogen functional groups attached to an aromatic ring is 1. The number of hydrogen-bond donors (Lipinski definition) is 3. The fourth-order valence-corrected chi connectivity index (χ4v) is 3.45. The van der Waals surface area contributed by atoms with Crippen molar-refractivity contribution in [1.82, 2.24) is 20.4 Å². The molecular formula is C24H29N7. The van der Waals surface area contributed by atoms with Crippen LogP contribution in [0.15, 0.2) is 53.5 Å². The van der Waals surface area contributed by atoms with Crippen LogP contribution in [0.2, 0.25) is 0 Å². The van der Waals surface area contributed by atoms with Gasteiger partial charge >= 0.3 is 0 Å². The molecule has 31 heavy (non-hydrogen) atoms. The van der Waals surface area contributed by atoms with E-state index in [4.69, 9.17) is 5.73 Å². The second-order valence-electron chi connectivity index (χ2n) is 7.45. The van der Waals surface area contributed by atoms with E-state index in [9.17, 15) is 5.26 Å². The molecule has 0 atom stereocenters. The summed E-state index contributed by atoms with van der Waals surface area (Å²) in [6.07, 6.45) is 1.44. The maximum absolute atomic E-state index is 9.53. The highest BCUT2D eigenvalue weighted by Gasteiger charge is 2.16. The van der Waals surface area contributed by atoms with Gasteiger partial charge in [-0.25, -0.2) is 4.68 Å². The third-order valence-corrected chi connectivity index (χ3v) is 5.16. The maximum atomic E-state index is 9.53. The van der Waals surface area contributed by atoms with E-state index in [0.717, 1.165) is 18.1 Å². The van der Waals surface area contributed by atoms with Gasteiger partial charge in [-0.1, -0.05) is 42.0 Å². The number of nitriles is 1. The smallest absolute Gasteiger partial charge is 0.191 e. The van der Waals surface area contributed by atoms with E-state index in [1.165, 1.54) is 16.7 Å². The normalized spacial score (nSPS) is 11.2. The van der Waals surface area contributed by atoms with Crippen LogP contribution in [0.3, 0.4) is 0 Å². The number of anilines is 1. The number of nitrogens with zero attached hydrogens (tertiary/aromatic N) is 4. The molecule has 0 aliphatic rings. The van der Waals surface area contributed by atoms with E-state index in [1.807, 2.05) is 30.3 Å². The monoisotopic (exact) mass is 415 g/mol. The lowest BCUT2D eigenvalue weighted by Gasteiger charge is -2.13. The van der Waals surface area contributed by atoms with Crippen molar-refractivity contribution in [3.8, 4) is 11.8 Å². The number of aromatic nitrogens is 2. The summed E-state index contributed by atoms with van der Waals surface area (Å²) in [5, 5.41) is 20.8. The lowest BCUT2D eigenvalue weighted by molar-refractivity contribution is 0.721. The first-order chi connectivity index (χ1) is 15.0. The predicted octanol–water partition coefficient (Wildman–Crippen LogP) is 3.24. The average Bonchev–Trinajstić information content (AvgIpc) is 3.10. The number of aliphatic imine (C=N–C) groups is 1. The maximum Gasteiger partial charge on any atom is 0.191 e. The molecule has 0 amide bonds. The van der Waals surface area contributed by atoms with Gasteiger partial charge < -0.3 is 16.4 Å². The highest BCUT2D eigenvalue weighted by Crippen LogP contribution is 2.21. The molecule has 3 aromatic rings. The van der Waals surface area contributed by atoms with Gasteiger partial charge in [0.05, 0.1) is 11.4 Å². The van der Waals surface area contributed by atoms with Crippen molar-refractivity contribution in [3.05, 3.63) is 76.5 Å². The SMILES string of the molecule is CN=C(NCCCc1nn(-c2ccccc2)c(N)c1C#N)NCc1ccc(C)cc1C. The summed E-state index contributed by atoms with van der Waals surface area (Å²) < 4.78 is 1.63. The minimum atomic E-state index is 0.377. The van der Waals surface area contributed by atoms with Crippen LogP contribution in [-0.2, 0) is 13.0 Å². The van der Waals surface area contributed by atoms with Gasteiger partial charge in [-0.15, -0.1) is 0 Å². The molecule has 0 unspecified atom stereocenters. The van der Waals surface area contributed by atoms with Crippen molar-refractivity contribution < 1.29 is 0 Å². The Bertz CT molecular complexity index is 1090.